The molecule has 0 aliphatic carbocycles. The molecule has 2 aromatic heterocycles. The maximum Gasteiger partial charge on any atom is 0.315 e. The number of halogens is 1. The summed E-state index contributed by atoms with van der Waals surface area (Å²) in [6, 6.07) is 8.84. The van der Waals surface area contributed by atoms with Gasteiger partial charge in [0.2, 0.25) is 0 Å². The topological polar surface area (TPSA) is 131 Å². The van der Waals surface area contributed by atoms with E-state index in [9.17, 15) is 23.9 Å². The van der Waals surface area contributed by atoms with Crippen LogP contribution in [0.5, 0.6) is 5.75 Å². The van der Waals surface area contributed by atoms with Crippen molar-refractivity contribution in [3.8, 4) is 5.75 Å². The number of rotatable bonds is 9. The molecule has 0 aliphatic rings. The number of carbonyl (C=O) groups excluding carboxylic acids is 2. The molecule has 0 fully saturated rings. The first-order valence-corrected chi connectivity index (χ1v) is 11.7. The third kappa shape index (κ3) is 7.25. The van der Waals surface area contributed by atoms with E-state index in [1.807, 2.05) is 13.8 Å². The molecule has 0 bridgehead atoms. The van der Waals surface area contributed by atoms with Crippen molar-refractivity contribution < 1.29 is 28.6 Å². The Morgan fingerprint density at radius 3 is 2.62 bits per heavy atom. The number of ether oxygens (including phenoxy) is 1. The van der Waals surface area contributed by atoms with E-state index in [4.69, 9.17) is 4.74 Å². The first-order chi connectivity index (χ1) is 16.2. The third-order valence-electron chi connectivity index (χ3n) is 4.01. The van der Waals surface area contributed by atoms with Gasteiger partial charge >= 0.3 is 17.8 Å². The first kappa shape index (κ1) is 25.1. The van der Waals surface area contributed by atoms with Crippen LogP contribution in [0.2, 0.25) is 0 Å². The number of hydrogen-bond acceptors (Lipinski definition) is 8. The van der Waals surface area contributed by atoms with Gasteiger partial charge in [0, 0.05) is 12.3 Å². The molecule has 0 unspecified atom stereocenters. The summed E-state index contributed by atoms with van der Waals surface area (Å²) in [5.74, 6) is -3.42. The minimum Gasteiger partial charge on any atom is -0.491 e. The summed E-state index contributed by atoms with van der Waals surface area (Å²) in [6.45, 7) is 4.12. The van der Waals surface area contributed by atoms with Crippen LogP contribution in [0.1, 0.15) is 19.5 Å². The second-order valence-corrected chi connectivity index (χ2v) is 9.64. The molecular weight excluding hydrogens is 483 g/mol. The summed E-state index contributed by atoms with van der Waals surface area (Å²) in [5, 5.41) is 14.6. The summed E-state index contributed by atoms with van der Waals surface area (Å²) >= 11 is 2.23. The second kappa shape index (κ2) is 11.6. The predicted octanol–water partition coefficient (Wildman–Crippen LogP) is 4.07. The van der Waals surface area contributed by atoms with Crippen LogP contribution in [-0.4, -0.2) is 39.5 Å². The van der Waals surface area contributed by atoms with Crippen molar-refractivity contribution >= 4 is 51.7 Å². The lowest BCUT2D eigenvalue weighted by Crippen LogP contribution is -2.29. The SMILES string of the molecule is CC(C)COc1cc(F)ccc1NC(=O)C(=O)Nc1nc(CC(=O)O)c(Sc2ccccn2)s1. The highest BCUT2D eigenvalue weighted by atomic mass is 32.2. The van der Waals surface area contributed by atoms with E-state index in [0.29, 0.717) is 15.8 Å². The van der Waals surface area contributed by atoms with Gasteiger partial charge in [-0.1, -0.05) is 43.0 Å². The molecule has 3 rings (SSSR count). The van der Waals surface area contributed by atoms with E-state index in [1.165, 1.54) is 17.8 Å². The molecule has 0 saturated carbocycles. The molecule has 12 heteroatoms. The number of pyridine rings is 1. The van der Waals surface area contributed by atoms with Gasteiger partial charge in [0.15, 0.2) is 5.13 Å². The Balaban J connectivity index is 1.72. The quantitative estimate of drug-likeness (QED) is 0.372. The Labute approximate surface area is 202 Å². The van der Waals surface area contributed by atoms with Crippen LogP contribution >= 0.6 is 23.1 Å². The van der Waals surface area contributed by atoms with Crippen molar-refractivity contribution in [3.63, 3.8) is 0 Å². The summed E-state index contributed by atoms with van der Waals surface area (Å²) in [7, 11) is 0. The van der Waals surface area contributed by atoms with Gasteiger partial charge in [-0.15, -0.1) is 0 Å². The highest BCUT2D eigenvalue weighted by Gasteiger charge is 2.21. The maximum absolute atomic E-state index is 13.6. The van der Waals surface area contributed by atoms with Crippen LogP contribution < -0.4 is 15.4 Å². The number of thiazole rings is 1. The van der Waals surface area contributed by atoms with Gasteiger partial charge < -0.3 is 15.2 Å². The van der Waals surface area contributed by atoms with Gasteiger partial charge in [0.25, 0.3) is 0 Å². The Bertz CT molecular complexity index is 1190. The third-order valence-corrected chi connectivity index (χ3v) is 6.19. The fraction of sp³-hybridized carbons (Fsp3) is 0.227. The average Bonchev–Trinajstić information content (AvgIpc) is 3.14. The zero-order chi connectivity index (χ0) is 24.7. The molecular formula is C22H21FN4O5S2. The number of aliphatic carboxylic acids is 1. The molecule has 0 saturated heterocycles. The lowest BCUT2D eigenvalue weighted by molar-refractivity contribution is -0.136. The number of nitrogens with zero attached hydrogens (tertiary/aromatic N) is 2. The summed E-state index contributed by atoms with van der Waals surface area (Å²) in [5.41, 5.74) is 0.381. The number of carboxylic acids is 1. The minimum absolute atomic E-state index is 0.0604. The Hall–Kier alpha value is -3.51. The monoisotopic (exact) mass is 504 g/mol. The number of carbonyl (C=O) groups is 3. The van der Waals surface area contributed by atoms with Gasteiger partial charge in [0.05, 0.1) is 28.6 Å². The molecule has 34 heavy (non-hydrogen) atoms. The van der Waals surface area contributed by atoms with E-state index in [0.717, 1.165) is 23.5 Å². The molecule has 3 aromatic rings. The van der Waals surface area contributed by atoms with E-state index in [2.05, 4.69) is 20.6 Å². The van der Waals surface area contributed by atoms with Crippen LogP contribution in [0.4, 0.5) is 15.2 Å². The Kier molecular flexibility index (Phi) is 8.55. The number of carboxylic acid groups (broad SMARTS) is 1. The van der Waals surface area contributed by atoms with Gasteiger partial charge in [-0.3, -0.25) is 19.7 Å². The number of hydrogen-bond donors (Lipinski definition) is 3. The Morgan fingerprint density at radius 2 is 1.94 bits per heavy atom. The molecule has 178 valence electrons. The minimum atomic E-state index is -1.09. The van der Waals surface area contributed by atoms with Gasteiger partial charge in [0.1, 0.15) is 16.6 Å². The van der Waals surface area contributed by atoms with E-state index in [-0.39, 0.29) is 34.6 Å². The molecule has 9 nitrogen and oxygen atoms in total. The van der Waals surface area contributed by atoms with Crippen LogP contribution in [0.15, 0.2) is 51.8 Å². The van der Waals surface area contributed by atoms with Crippen molar-refractivity contribution in [1.29, 1.82) is 0 Å². The van der Waals surface area contributed by atoms with Crippen molar-refractivity contribution in [1.82, 2.24) is 9.97 Å². The van der Waals surface area contributed by atoms with E-state index >= 15 is 0 Å². The van der Waals surface area contributed by atoms with Crippen molar-refractivity contribution in [2.75, 3.05) is 17.2 Å². The van der Waals surface area contributed by atoms with Gasteiger partial charge in [-0.05, 0) is 30.2 Å². The van der Waals surface area contributed by atoms with Crippen LogP contribution in [0.3, 0.4) is 0 Å². The fourth-order valence-electron chi connectivity index (χ4n) is 2.54. The normalized spacial score (nSPS) is 10.7. The number of anilines is 2. The molecule has 0 aliphatic heterocycles. The first-order valence-electron chi connectivity index (χ1n) is 10.1. The fourth-order valence-corrected chi connectivity index (χ4v) is 4.59. The summed E-state index contributed by atoms with van der Waals surface area (Å²) in [4.78, 5) is 44.5. The molecule has 0 radical (unpaired) electrons. The van der Waals surface area contributed by atoms with Gasteiger partial charge in [-0.2, -0.15) is 0 Å². The highest BCUT2D eigenvalue weighted by molar-refractivity contribution is 8.01. The van der Waals surface area contributed by atoms with Crippen LogP contribution in [0.25, 0.3) is 0 Å². The van der Waals surface area contributed by atoms with E-state index < -0.39 is 23.6 Å². The maximum atomic E-state index is 13.6. The molecule has 3 N–H and O–H groups in total. The number of benzene rings is 1. The molecule has 2 heterocycles. The highest BCUT2D eigenvalue weighted by Crippen LogP contribution is 2.36. The van der Waals surface area contributed by atoms with Crippen molar-refractivity contribution in [2.45, 2.75) is 29.5 Å². The second-order valence-electron chi connectivity index (χ2n) is 7.35. The molecule has 0 spiro atoms. The smallest absolute Gasteiger partial charge is 0.315 e. The van der Waals surface area contributed by atoms with Crippen molar-refractivity contribution in [3.05, 3.63) is 54.1 Å². The molecule has 2 amide bonds. The lowest BCUT2D eigenvalue weighted by Gasteiger charge is -2.13. The van der Waals surface area contributed by atoms with Crippen LogP contribution in [0, 0.1) is 11.7 Å². The lowest BCUT2D eigenvalue weighted by atomic mass is 10.2. The molecule has 0 atom stereocenters. The molecule has 1 aromatic carbocycles. The largest absolute Gasteiger partial charge is 0.491 e. The van der Waals surface area contributed by atoms with Gasteiger partial charge in [-0.25, -0.2) is 14.4 Å². The number of nitrogens with one attached hydrogen (secondary N) is 2. The predicted molar refractivity (Wildman–Crippen MR) is 126 cm³/mol. The number of aromatic nitrogens is 2. The van der Waals surface area contributed by atoms with Crippen molar-refractivity contribution in [2.24, 2.45) is 5.92 Å². The zero-order valence-electron chi connectivity index (χ0n) is 18.2. The summed E-state index contributed by atoms with van der Waals surface area (Å²) in [6.07, 6.45) is 1.24. The van der Waals surface area contributed by atoms with Crippen LogP contribution in [-0.2, 0) is 20.8 Å². The zero-order valence-corrected chi connectivity index (χ0v) is 19.8. The summed E-state index contributed by atoms with van der Waals surface area (Å²) < 4.78 is 19.7. The Morgan fingerprint density at radius 1 is 1.18 bits per heavy atom. The van der Waals surface area contributed by atoms with E-state index in [1.54, 1.807) is 24.4 Å². The number of amides is 2. The standard InChI is InChI=1S/C22H21FN4O5S2/c1-12(2)11-32-16-9-13(23)6-7-14(16)25-19(30)20(31)27-22-26-15(10-18(28)29)21(34-22)33-17-5-3-4-8-24-17/h3-9,12H,10-11H2,1-2H3,(H,25,30)(H,28,29)(H,26,27,31). The average molecular weight is 505 g/mol.